The lowest BCUT2D eigenvalue weighted by Crippen LogP contribution is -1.95. The van der Waals surface area contributed by atoms with Gasteiger partial charge in [-0.1, -0.05) is 18.2 Å². The van der Waals surface area contributed by atoms with E-state index in [9.17, 15) is 5.11 Å². The van der Waals surface area contributed by atoms with Crippen LogP contribution >= 0.6 is 0 Å². The summed E-state index contributed by atoms with van der Waals surface area (Å²) in [6.45, 7) is 1.73. The first kappa shape index (κ1) is 10.6. The molecule has 3 heteroatoms. The SMILES string of the molecule is CC=Cc1ccc(O)c(OC)c1CO. The number of methoxy groups -OCH3 is 1. The monoisotopic (exact) mass is 194 g/mol. The Balaban J connectivity index is 3.32. The van der Waals surface area contributed by atoms with Crippen LogP contribution in [0.25, 0.3) is 6.08 Å². The number of aromatic hydroxyl groups is 1. The summed E-state index contributed by atoms with van der Waals surface area (Å²) < 4.78 is 5.01. The van der Waals surface area contributed by atoms with Crippen LogP contribution in [0, 0.1) is 0 Å². The summed E-state index contributed by atoms with van der Waals surface area (Å²) in [6.07, 6.45) is 3.72. The van der Waals surface area contributed by atoms with Crippen LogP contribution in [-0.4, -0.2) is 17.3 Å². The van der Waals surface area contributed by atoms with Gasteiger partial charge in [0.05, 0.1) is 13.7 Å². The molecule has 0 bridgehead atoms. The van der Waals surface area contributed by atoms with Gasteiger partial charge < -0.3 is 14.9 Å². The number of benzene rings is 1. The van der Waals surface area contributed by atoms with Gasteiger partial charge in [0.2, 0.25) is 0 Å². The van der Waals surface area contributed by atoms with Crippen LogP contribution in [0.5, 0.6) is 11.5 Å². The fourth-order valence-corrected chi connectivity index (χ4v) is 1.36. The molecule has 1 rings (SSSR count). The van der Waals surface area contributed by atoms with Crippen molar-refractivity contribution in [3.05, 3.63) is 29.3 Å². The van der Waals surface area contributed by atoms with Crippen molar-refractivity contribution in [2.24, 2.45) is 0 Å². The lowest BCUT2D eigenvalue weighted by Gasteiger charge is -2.10. The van der Waals surface area contributed by atoms with E-state index in [1.807, 2.05) is 19.1 Å². The second kappa shape index (κ2) is 4.67. The largest absolute Gasteiger partial charge is 0.504 e. The van der Waals surface area contributed by atoms with E-state index in [0.29, 0.717) is 11.3 Å². The average Bonchev–Trinajstić information content (AvgIpc) is 2.20. The molecule has 0 unspecified atom stereocenters. The van der Waals surface area contributed by atoms with E-state index in [0.717, 1.165) is 5.56 Å². The Labute approximate surface area is 83.3 Å². The number of aliphatic hydroxyl groups excluding tert-OH is 1. The first-order valence-corrected chi connectivity index (χ1v) is 4.37. The molecule has 0 aromatic heterocycles. The van der Waals surface area contributed by atoms with E-state index in [4.69, 9.17) is 9.84 Å². The number of hydrogen-bond donors (Lipinski definition) is 2. The molecule has 0 atom stereocenters. The predicted octanol–water partition coefficient (Wildman–Crippen LogP) is 1.93. The molecule has 0 radical (unpaired) electrons. The standard InChI is InChI=1S/C11H14O3/c1-3-4-8-5-6-10(13)11(14-2)9(8)7-12/h3-6,12-13H,7H2,1-2H3. The minimum absolute atomic E-state index is 0.0461. The maximum Gasteiger partial charge on any atom is 0.166 e. The fourth-order valence-electron chi connectivity index (χ4n) is 1.36. The minimum atomic E-state index is -0.156. The fraction of sp³-hybridized carbons (Fsp3) is 0.273. The molecule has 14 heavy (non-hydrogen) atoms. The van der Waals surface area contributed by atoms with Crippen LogP contribution in [0.1, 0.15) is 18.1 Å². The lowest BCUT2D eigenvalue weighted by atomic mass is 10.1. The van der Waals surface area contributed by atoms with Gasteiger partial charge in [-0.15, -0.1) is 0 Å². The van der Waals surface area contributed by atoms with Crippen molar-refractivity contribution in [3.63, 3.8) is 0 Å². The quantitative estimate of drug-likeness (QED) is 0.773. The zero-order valence-corrected chi connectivity index (χ0v) is 8.32. The number of phenols is 1. The number of ether oxygens (including phenoxy) is 1. The molecular weight excluding hydrogens is 180 g/mol. The Morgan fingerprint density at radius 2 is 2.14 bits per heavy atom. The Bertz CT molecular complexity index is 343. The number of allylic oxidation sites excluding steroid dienone is 1. The van der Waals surface area contributed by atoms with Crippen molar-refractivity contribution in [1.29, 1.82) is 0 Å². The molecule has 0 aliphatic rings. The topological polar surface area (TPSA) is 49.7 Å². The van der Waals surface area contributed by atoms with Gasteiger partial charge >= 0.3 is 0 Å². The van der Waals surface area contributed by atoms with Gasteiger partial charge in [-0.2, -0.15) is 0 Å². The highest BCUT2D eigenvalue weighted by molar-refractivity contribution is 5.61. The van der Waals surface area contributed by atoms with Crippen LogP contribution < -0.4 is 4.74 Å². The average molecular weight is 194 g/mol. The molecule has 0 fully saturated rings. The van der Waals surface area contributed by atoms with Gasteiger partial charge in [0, 0.05) is 5.56 Å². The van der Waals surface area contributed by atoms with E-state index in [1.54, 1.807) is 12.1 Å². The van der Waals surface area contributed by atoms with Crippen LogP contribution in [-0.2, 0) is 6.61 Å². The zero-order chi connectivity index (χ0) is 10.6. The van der Waals surface area contributed by atoms with E-state index in [1.165, 1.54) is 7.11 Å². The first-order valence-electron chi connectivity index (χ1n) is 4.37. The highest BCUT2D eigenvalue weighted by Gasteiger charge is 2.10. The summed E-state index contributed by atoms with van der Waals surface area (Å²) in [5.41, 5.74) is 1.45. The molecule has 0 saturated heterocycles. The van der Waals surface area contributed by atoms with Gasteiger partial charge in [0.25, 0.3) is 0 Å². The third-order valence-corrected chi connectivity index (χ3v) is 1.98. The Kier molecular flexibility index (Phi) is 3.54. The predicted molar refractivity (Wildman–Crippen MR) is 55.3 cm³/mol. The summed E-state index contributed by atoms with van der Waals surface area (Å²) in [5, 5.41) is 18.6. The Morgan fingerprint density at radius 1 is 1.43 bits per heavy atom. The Hall–Kier alpha value is -1.48. The maximum atomic E-state index is 9.45. The van der Waals surface area contributed by atoms with Gasteiger partial charge in [0.15, 0.2) is 11.5 Å². The van der Waals surface area contributed by atoms with E-state index in [2.05, 4.69) is 0 Å². The van der Waals surface area contributed by atoms with Crippen LogP contribution in [0.4, 0.5) is 0 Å². The molecule has 0 spiro atoms. The number of hydrogen-bond acceptors (Lipinski definition) is 3. The van der Waals surface area contributed by atoms with Gasteiger partial charge in [0.1, 0.15) is 0 Å². The second-order valence-corrected chi connectivity index (χ2v) is 2.84. The van der Waals surface area contributed by atoms with Crippen LogP contribution in [0.2, 0.25) is 0 Å². The van der Waals surface area contributed by atoms with Crippen molar-refractivity contribution < 1.29 is 14.9 Å². The van der Waals surface area contributed by atoms with Crippen LogP contribution in [0.3, 0.4) is 0 Å². The lowest BCUT2D eigenvalue weighted by molar-refractivity contribution is 0.270. The molecule has 0 heterocycles. The van der Waals surface area contributed by atoms with Gasteiger partial charge in [-0.25, -0.2) is 0 Å². The minimum Gasteiger partial charge on any atom is -0.504 e. The second-order valence-electron chi connectivity index (χ2n) is 2.84. The molecule has 3 nitrogen and oxygen atoms in total. The molecule has 0 saturated carbocycles. The normalized spacial score (nSPS) is 10.8. The molecule has 76 valence electrons. The zero-order valence-electron chi connectivity index (χ0n) is 8.32. The first-order chi connectivity index (χ1) is 6.74. The van der Waals surface area contributed by atoms with Crippen LogP contribution in [0.15, 0.2) is 18.2 Å². The number of phenolic OH excluding ortho intramolecular Hbond substituents is 1. The molecule has 0 aliphatic carbocycles. The summed E-state index contributed by atoms with van der Waals surface area (Å²) in [5.74, 6) is 0.382. The van der Waals surface area contributed by atoms with Gasteiger partial charge in [-0.3, -0.25) is 0 Å². The molecule has 1 aromatic rings. The van der Waals surface area contributed by atoms with E-state index >= 15 is 0 Å². The summed E-state index contributed by atoms with van der Waals surface area (Å²) in [6, 6.07) is 3.29. The van der Waals surface area contributed by atoms with Crippen molar-refractivity contribution >= 4 is 6.08 Å². The summed E-state index contributed by atoms with van der Waals surface area (Å²) in [4.78, 5) is 0. The van der Waals surface area contributed by atoms with Crippen molar-refractivity contribution in [3.8, 4) is 11.5 Å². The molecule has 0 amide bonds. The van der Waals surface area contributed by atoms with Crippen molar-refractivity contribution in [2.45, 2.75) is 13.5 Å². The smallest absolute Gasteiger partial charge is 0.166 e. The maximum absolute atomic E-state index is 9.45. The third kappa shape index (κ3) is 1.88. The highest BCUT2D eigenvalue weighted by Crippen LogP contribution is 2.33. The van der Waals surface area contributed by atoms with E-state index in [-0.39, 0.29) is 12.4 Å². The van der Waals surface area contributed by atoms with Crippen molar-refractivity contribution in [1.82, 2.24) is 0 Å². The van der Waals surface area contributed by atoms with Gasteiger partial charge in [-0.05, 0) is 18.6 Å². The summed E-state index contributed by atoms with van der Waals surface area (Å²) >= 11 is 0. The summed E-state index contributed by atoms with van der Waals surface area (Å²) in [7, 11) is 1.47. The number of rotatable bonds is 3. The number of aliphatic hydroxyl groups is 1. The molecule has 1 aromatic carbocycles. The van der Waals surface area contributed by atoms with E-state index < -0.39 is 0 Å². The Morgan fingerprint density at radius 3 is 2.64 bits per heavy atom. The third-order valence-electron chi connectivity index (χ3n) is 1.98. The molecular formula is C11H14O3. The molecule has 0 aliphatic heterocycles. The van der Waals surface area contributed by atoms with Crippen molar-refractivity contribution in [2.75, 3.05) is 7.11 Å². The highest BCUT2D eigenvalue weighted by atomic mass is 16.5. The molecule has 2 N–H and O–H groups in total.